The first-order chi connectivity index (χ1) is 9.91. The van der Waals surface area contributed by atoms with E-state index in [1.165, 1.54) is 6.07 Å². The quantitative estimate of drug-likeness (QED) is 0.670. The van der Waals surface area contributed by atoms with Gasteiger partial charge in [-0.25, -0.2) is 0 Å². The lowest BCUT2D eigenvalue weighted by atomic mass is 10.1. The van der Waals surface area contributed by atoms with Crippen molar-refractivity contribution in [3.8, 4) is 0 Å². The third-order valence-corrected chi connectivity index (χ3v) is 3.30. The summed E-state index contributed by atoms with van der Waals surface area (Å²) >= 11 is 0. The van der Waals surface area contributed by atoms with Crippen LogP contribution in [0.4, 0.5) is 11.4 Å². The largest absolute Gasteiger partial charge is 0.481 e. The van der Waals surface area contributed by atoms with Crippen LogP contribution in [0.15, 0.2) is 30.5 Å². The Morgan fingerprint density at radius 1 is 1.48 bits per heavy atom. The number of non-ortho nitro benzene ring substituents is 1. The summed E-state index contributed by atoms with van der Waals surface area (Å²) in [5, 5.41) is 20.5. The zero-order valence-corrected chi connectivity index (χ0v) is 11.7. The molecule has 110 valence electrons. The Balaban J connectivity index is 2.48. The zero-order chi connectivity index (χ0) is 15.6. The Kier molecular flexibility index (Phi) is 4.02. The van der Waals surface area contributed by atoms with Gasteiger partial charge in [-0.05, 0) is 18.2 Å². The van der Waals surface area contributed by atoms with Crippen LogP contribution in [0.5, 0.6) is 0 Å². The van der Waals surface area contributed by atoms with Gasteiger partial charge in [0.25, 0.3) is 5.69 Å². The number of aromatic nitrogens is 1. The summed E-state index contributed by atoms with van der Waals surface area (Å²) in [7, 11) is 1.74. The number of pyridine rings is 1. The summed E-state index contributed by atoms with van der Waals surface area (Å²) in [4.78, 5) is 27.5. The molecule has 7 nitrogen and oxygen atoms in total. The van der Waals surface area contributed by atoms with E-state index in [4.69, 9.17) is 5.11 Å². The normalized spacial score (nSPS) is 12.1. The number of carboxylic acid groups (broad SMARTS) is 1. The molecular formula is C14H15N3O4. The van der Waals surface area contributed by atoms with Crippen molar-refractivity contribution >= 4 is 28.2 Å². The second-order valence-corrected chi connectivity index (χ2v) is 4.88. The van der Waals surface area contributed by atoms with E-state index in [-0.39, 0.29) is 5.69 Å². The highest BCUT2D eigenvalue weighted by atomic mass is 16.6. The van der Waals surface area contributed by atoms with Gasteiger partial charge in [-0.2, -0.15) is 0 Å². The van der Waals surface area contributed by atoms with Crippen LogP contribution in [0, 0.1) is 16.0 Å². The van der Waals surface area contributed by atoms with E-state index in [0.717, 1.165) is 0 Å². The molecule has 1 aromatic heterocycles. The van der Waals surface area contributed by atoms with Gasteiger partial charge in [0.2, 0.25) is 0 Å². The van der Waals surface area contributed by atoms with Crippen molar-refractivity contribution in [2.45, 2.75) is 6.92 Å². The number of aliphatic carboxylic acids is 1. The standard InChI is InChI=1S/C14H15N3O4/c1-9(14(18)19)8-16(2)12-6-5-11(17(20)21)10-4-3-7-15-13(10)12/h3-7,9H,8H2,1-2H3,(H,18,19). The lowest BCUT2D eigenvalue weighted by Gasteiger charge is -2.22. The van der Waals surface area contributed by atoms with Crippen LogP contribution < -0.4 is 4.90 Å². The van der Waals surface area contributed by atoms with Crippen molar-refractivity contribution in [3.05, 3.63) is 40.6 Å². The number of hydrogen-bond donors (Lipinski definition) is 1. The molecule has 1 heterocycles. The van der Waals surface area contributed by atoms with Gasteiger partial charge in [-0.1, -0.05) is 6.92 Å². The van der Waals surface area contributed by atoms with Crippen LogP contribution in [0.2, 0.25) is 0 Å². The molecular weight excluding hydrogens is 274 g/mol. The minimum absolute atomic E-state index is 0.0125. The molecule has 0 aliphatic heterocycles. The Morgan fingerprint density at radius 3 is 2.81 bits per heavy atom. The fourth-order valence-electron chi connectivity index (χ4n) is 2.20. The summed E-state index contributed by atoms with van der Waals surface area (Å²) in [5.41, 5.74) is 1.15. The smallest absolute Gasteiger partial charge is 0.308 e. The Morgan fingerprint density at radius 2 is 2.19 bits per heavy atom. The maximum absolute atomic E-state index is 11.0. The van der Waals surface area contributed by atoms with Crippen LogP contribution in [0.1, 0.15) is 6.92 Å². The average molecular weight is 289 g/mol. The van der Waals surface area contributed by atoms with E-state index in [0.29, 0.717) is 23.1 Å². The van der Waals surface area contributed by atoms with Crippen molar-refractivity contribution in [1.82, 2.24) is 4.98 Å². The van der Waals surface area contributed by atoms with Crippen LogP contribution in [0.25, 0.3) is 10.9 Å². The Hall–Kier alpha value is -2.70. The fraction of sp³-hybridized carbons (Fsp3) is 0.286. The Labute approximate surface area is 121 Å². The van der Waals surface area contributed by atoms with Crippen LogP contribution in [-0.2, 0) is 4.79 Å². The highest BCUT2D eigenvalue weighted by Gasteiger charge is 2.19. The van der Waals surface area contributed by atoms with E-state index < -0.39 is 16.8 Å². The highest BCUT2D eigenvalue weighted by molar-refractivity contribution is 5.97. The number of fused-ring (bicyclic) bond motifs is 1. The van der Waals surface area contributed by atoms with Gasteiger partial charge in [-0.3, -0.25) is 19.9 Å². The van der Waals surface area contributed by atoms with E-state index in [1.807, 2.05) is 0 Å². The number of nitro groups is 1. The number of carboxylic acids is 1. The van der Waals surface area contributed by atoms with E-state index in [1.54, 1.807) is 43.3 Å². The molecule has 0 saturated heterocycles. The van der Waals surface area contributed by atoms with Crippen molar-refractivity contribution < 1.29 is 14.8 Å². The first kappa shape index (κ1) is 14.7. The van der Waals surface area contributed by atoms with Gasteiger partial charge in [-0.15, -0.1) is 0 Å². The lowest BCUT2D eigenvalue weighted by molar-refractivity contribution is -0.383. The molecule has 0 fully saturated rings. The SMILES string of the molecule is CC(CN(C)c1ccc([N+](=O)[O-])c2cccnc12)C(=O)O. The fourth-order valence-corrected chi connectivity index (χ4v) is 2.20. The highest BCUT2D eigenvalue weighted by Crippen LogP contribution is 2.31. The summed E-state index contributed by atoms with van der Waals surface area (Å²) < 4.78 is 0. The number of nitrogens with zero attached hydrogens (tertiary/aromatic N) is 3. The molecule has 7 heteroatoms. The molecule has 21 heavy (non-hydrogen) atoms. The molecule has 0 aliphatic carbocycles. The molecule has 0 radical (unpaired) electrons. The zero-order valence-electron chi connectivity index (χ0n) is 11.7. The molecule has 1 N–H and O–H groups in total. The topological polar surface area (TPSA) is 96.6 Å². The number of benzene rings is 1. The summed E-state index contributed by atoms with van der Waals surface area (Å²) in [5.74, 6) is -1.44. The molecule has 0 spiro atoms. The first-order valence-corrected chi connectivity index (χ1v) is 6.38. The van der Waals surface area contributed by atoms with Gasteiger partial charge in [0.1, 0.15) is 5.52 Å². The van der Waals surface area contributed by atoms with Gasteiger partial charge in [0, 0.05) is 25.9 Å². The lowest BCUT2D eigenvalue weighted by Crippen LogP contribution is -2.28. The first-order valence-electron chi connectivity index (χ1n) is 6.38. The molecule has 2 aromatic rings. The van der Waals surface area contributed by atoms with E-state index in [2.05, 4.69) is 4.98 Å². The molecule has 0 aliphatic rings. The average Bonchev–Trinajstić information content (AvgIpc) is 2.45. The predicted octanol–water partition coefficient (Wildman–Crippen LogP) is 2.30. The number of rotatable bonds is 5. The van der Waals surface area contributed by atoms with Crippen molar-refractivity contribution in [2.24, 2.45) is 5.92 Å². The second kappa shape index (κ2) is 5.74. The summed E-state index contributed by atoms with van der Waals surface area (Å²) in [6.07, 6.45) is 1.56. The summed E-state index contributed by atoms with van der Waals surface area (Å²) in [6, 6.07) is 6.29. The van der Waals surface area contributed by atoms with Gasteiger partial charge in [0.15, 0.2) is 0 Å². The molecule has 0 saturated carbocycles. The van der Waals surface area contributed by atoms with Crippen molar-refractivity contribution in [2.75, 3.05) is 18.5 Å². The monoisotopic (exact) mass is 289 g/mol. The van der Waals surface area contributed by atoms with Crippen molar-refractivity contribution in [1.29, 1.82) is 0 Å². The number of carbonyl (C=O) groups is 1. The maximum Gasteiger partial charge on any atom is 0.308 e. The number of anilines is 1. The predicted molar refractivity (Wildman–Crippen MR) is 78.5 cm³/mol. The molecule has 1 unspecified atom stereocenters. The third kappa shape index (κ3) is 2.91. The van der Waals surface area contributed by atoms with E-state index >= 15 is 0 Å². The minimum atomic E-state index is -0.888. The molecule has 1 atom stereocenters. The number of nitro benzene ring substituents is 1. The third-order valence-electron chi connectivity index (χ3n) is 3.30. The van der Waals surface area contributed by atoms with Gasteiger partial charge >= 0.3 is 5.97 Å². The van der Waals surface area contributed by atoms with Crippen LogP contribution in [-0.4, -0.2) is 34.6 Å². The van der Waals surface area contributed by atoms with Crippen LogP contribution >= 0.6 is 0 Å². The van der Waals surface area contributed by atoms with Gasteiger partial charge < -0.3 is 10.0 Å². The maximum atomic E-state index is 11.0. The molecule has 0 bridgehead atoms. The van der Waals surface area contributed by atoms with Crippen molar-refractivity contribution in [3.63, 3.8) is 0 Å². The Bertz CT molecular complexity index is 702. The summed E-state index contributed by atoms with van der Waals surface area (Å²) in [6.45, 7) is 1.90. The molecule has 0 amide bonds. The minimum Gasteiger partial charge on any atom is -0.481 e. The second-order valence-electron chi connectivity index (χ2n) is 4.88. The van der Waals surface area contributed by atoms with E-state index in [9.17, 15) is 14.9 Å². The molecule has 2 rings (SSSR count). The molecule has 1 aromatic carbocycles. The van der Waals surface area contributed by atoms with Gasteiger partial charge in [0.05, 0.1) is 21.9 Å². The number of hydrogen-bond acceptors (Lipinski definition) is 5. The van der Waals surface area contributed by atoms with Crippen LogP contribution in [0.3, 0.4) is 0 Å².